The predicted molar refractivity (Wildman–Crippen MR) is 88.5 cm³/mol. The molecule has 1 amide bonds. The van der Waals surface area contributed by atoms with E-state index in [0.717, 1.165) is 22.5 Å². The highest BCUT2D eigenvalue weighted by Gasteiger charge is 2.27. The van der Waals surface area contributed by atoms with Crippen LogP contribution >= 0.6 is 11.6 Å². The molecule has 1 saturated heterocycles. The summed E-state index contributed by atoms with van der Waals surface area (Å²) in [6, 6.07) is 7.62. The van der Waals surface area contributed by atoms with Crippen LogP contribution in [0.4, 0.5) is 0 Å². The van der Waals surface area contributed by atoms with Gasteiger partial charge in [0, 0.05) is 28.4 Å². The van der Waals surface area contributed by atoms with Crippen molar-refractivity contribution in [3.63, 3.8) is 0 Å². The van der Waals surface area contributed by atoms with Crippen molar-refractivity contribution in [1.82, 2.24) is 15.1 Å². The molecule has 122 valence electrons. The number of nitrogens with zero attached hydrogens (tertiary/aromatic N) is 2. The fourth-order valence-electron chi connectivity index (χ4n) is 2.90. The highest BCUT2D eigenvalue weighted by atomic mass is 35.5. The minimum absolute atomic E-state index is 0.0953. The summed E-state index contributed by atoms with van der Waals surface area (Å²) in [7, 11) is 0. The van der Waals surface area contributed by atoms with Crippen molar-refractivity contribution in [2.24, 2.45) is 0 Å². The molecular weight excluding hydrogens is 314 g/mol. The molecule has 1 aromatic carbocycles. The fourth-order valence-corrected chi connectivity index (χ4v) is 3.16. The van der Waals surface area contributed by atoms with E-state index < -0.39 is 0 Å². The largest absolute Gasteiger partial charge is 0.370 e. The van der Waals surface area contributed by atoms with Crippen LogP contribution in [0.25, 0.3) is 0 Å². The minimum Gasteiger partial charge on any atom is -0.370 e. The van der Waals surface area contributed by atoms with Gasteiger partial charge in [0.2, 0.25) is 5.91 Å². The number of H-pyrrole nitrogens is 1. The molecule has 6 heteroatoms. The van der Waals surface area contributed by atoms with Gasteiger partial charge in [-0.3, -0.25) is 9.89 Å². The molecule has 0 bridgehead atoms. The van der Waals surface area contributed by atoms with Crippen LogP contribution in [0, 0.1) is 13.8 Å². The Morgan fingerprint density at radius 2 is 2.22 bits per heavy atom. The normalized spacial score (nSPS) is 18.2. The SMILES string of the molecule is Cc1n[nH]c(C)c1CC(=O)N1CCOC(c2ccccc2Cl)C1. The van der Waals surface area contributed by atoms with Crippen LogP contribution in [0.2, 0.25) is 5.02 Å². The molecule has 0 saturated carbocycles. The lowest BCUT2D eigenvalue weighted by atomic mass is 10.1. The summed E-state index contributed by atoms with van der Waals surface area (Å²) >= 11 is 6.25. The Kier molecular flexibility index (Phi) is 4.68. The molecule has 5 nitrogen and oxygen atoms in total. The monoisotopic (exact) mass is 333 g/mol. The molecule has 2 aromatic rings. The van der Waals surface area contributed by atoms with E-state index in [1.54, 1.807) is 0 Å². The Hall–Kier alpha value is -1.85. The molecule has 2 heterocycles. The van der Waals surface area contributed by atoms with Crippen molar-refractivity contribution in [2.45, 2.75) is 26.4 Å². The van der Waals surface area contributed by atoms with Crippen LogP contribution < -0.4 is 0 Å². The fraction of sp³-hybridized carbons (Fsp3) is 0.412. The zero-order valence-corrected chi connectivity index (χ0v) is 14.1. The van der Waals surface area contributed by atoms with Crippen molar-refractivity contribution in [3.8, 4) is 0 Å². The third-order valence-electron chi connectivity index (χ3n) is 4.28. The maximum atomic E-state index is 12.6. The van der Waals surface area contributed by atoms with Crippen LogP contribution in [0.3, 0.4) is 0 Å². The van der Waals surface area contributed by atoms with Gasteiger partial charge in [0.1, 0.15) is 6.10 Å². The van der Waals surface area contributed by atoms with Gasteiger partial charge in [0.05, 0.1) is 25.3 Å². The van der Waals surface area contributed by atoms with Gasteiger partial charge in [0.25, 0.3) is 0 Å². The second-order valence-electron chi connectivity index (χ2n) is 5.81. The highest BCUT2D eigenvalue weighted by Crippen LogP contribution is 2.28. The van der Waals surface area contributed by atoms with Gasteiger partial charge in [-0.1, -0.05) is 29.8 Å². The molecular formula is C17H20ClN3O2. The average Bonchev–Trinajstić information content (AvgIpc) is 2.87. The molecule has 1 atom stereocenters. The highest BCUT2D eigenvalue weighted by molar-refractivity contribution is 6.31. The molecule has 0 spiro atoms. The maximum Gasteiger partial charge on any atom is 0.227 e. The molecule has 1 aliphatic heterocycles. The zero-order chi connectivity index (χ0) is 16.4. The number of benzene rings is 1. The van der Waals surface area contributed by atoms with E-state index in [1.807, 2.05) is 43.0 Å². The number of hydrogen-bond donors (Lipinski definition) is 1. The smallest absolute Gasteiger partial charge is 0.227 e. The second-order valence-corrected chi connectivity index (χ2v) is 6.22. The molecule has 3 rings (SSSR count). The first-order valence-electron chi connectivity index (χ1n) is 7.70. The number of carbonyl (C=O) groups excluding carboxylic acids is 1. The van der Waals surface area contributed by atoms with Gasteiger partial charge >= 0.3 is 0 Å². The lowest BCUT2D eigenvalue weighted by molar-refractivity contribution is -0.138. The van der Waals surface area contributed by atoms with E-state index in [0.29, 0.717) is 31.1 Å². The zero-order valence-electron chi connectivity index (χ0n) is 13.3. The third kappa shape index (κ3) is 3.41. The molecule has 1 fully saturated rings. The standard InChI is InChI=1S/C17H20ClN3O2/c1-11-14(12(2)20-19-11)9-17(22)21-7-8-23-16(10-21)13-5-3-4-6-15(13)18/h3-6,16H,7-10H2,1-2H3,(H,19,20). The first kappa shape index (κ1) is 16.0. The second kappa shape index (κ2) is 6.72. The van der Waals surface area contributed by atoms with E-state index in [9.17, 15) is 4.79 Å². The lowest BCUT2D eigenvalue weighted by Crippen LogP contribution is -2.43. The van der Waals surface area contributed by atoms with Gasteiger partial charge in [0.15, 0.2) is 0 Å². The van der Waals surface area contributed by atoms with Crippen LogP contribution in [-0.2, 0) is 16.0 Å². The Morgan fingerprint density at radius 3 is 2.91 bits per heavy atom. The third-order valence-corrected chi connectivity index (χ3v) is 4.62. The first-order valence-corrected chi connectivity index (χ1v) is 8.08. The number of carbonyl (C=O) groups is 1. The van der Waals surface area contributed by atoms with Crippen molar-refractivity contribution in [1.29, 1.82) is 0 Å². The summed E-state index contributed by atoms with van der Waals surface area (Å²) in [5.41, 5.74) is 3.75. The summed E-state index contributed by atoms with van der Waals surface area (Å²) in [5, 5.41) is 7.75. The van der Waals surface area contributed by atoms with Crippen LogP contribution in [-0.4, -0.2) is 40.7 Å². The first-order chi connectivity index (χ1) is 11.1. The van der Waals surface area contributed by atoms with Gasteiger partial charge < -0.3 is 9.64 Å². The number of amides is 1. The Bertz CT molecular complexity index is 694. The Morgan fingerprint density at radius 1 is 1.43 bits per heavy atom. The van der Waals surface area contributed by atoms with E-state index in [1.165, 1.54) is 0 Å². The quantitative estimate of drug-likeness (QED) is 0.939. The summed E-state index contributed by atoms with van der Waals surface area (Å²) < 4.78 is 5.81. The number of aryl methyl sites for hydroxylation is 2. The summed E-state index contributed by atoms with van der Waals surface area (Å²) in [6.07, 6.45) is 0.191. The van der Waals surface area contributed by atoms with Gasteiger partial charge in [-0.05, 0) is 19.9 Å². The minimum atomic E-state index is -0.173. The molecule has 1 aromatic heterocycles. The van der Waals surface area contributed by atoms with Crippen molar-refractivity contribution in [3.05, 3.63) is 51.8 Å². The number of rotatable bonds is 3. The number of halogens is 1. The maximum absolute atomic E-state index is 12.6. The van der Waals surface area contributed by atoms with Gasteiger partial charge in [-0.2, -0.15) is 5.10 Å². The van der Waals surface area contributed by atoms with Crippen LogP contribution in [0.1, 0.15) is 28.6 Å². The summed E-state index contributed by atoms with van der Waals surface area (Å²) in [4.78, 5) is 14.5. The number of nitrogens with one attached hydrogen (secondary N) is 1. The summed E-state index contributed by atoms with van der Waals surface area (Å²) in [6.45, 7) is 5.51. The number of aromatic nitrogens is 2. The van der Waals surface area contributed by atoms with Gasteiger partial charge in [-0.25, -0.2) is 0 Å². The van der Waals surface area contributed by atoms with E-state index in [-0.39, 0.29) is 12.0 Å². The van der Waals surface area contributed by atoms with E-state index >= 15 is 0 Å². The molecule has 1 unspecified atom stereocenters. The molecule has 0 radical (unpaired) electrons. The number of hydrogen-bond acceptors (Lipinski definition) is 3. The predicted octanol–water partition coefficient (Wildman–Crippen LogP) is 2.82. The number of ether oxygens (including phenoxy) is 1. The topological polar surface area (TPSA) is 58.2 Å². The average molecular weight is 334 g/mol. The number of morpholine rings is 1. The number of aromatic amines is 1. The lowest BCUT2D eigenvalue weighted by Gasteiger charge is -2.33. The van der Waals surface area contributed by atoms with Crippen LogP contribution in [0.15, 0.2) is 24.3 Å². The van der Waals surface area contributed by atoms with Gasteiger partial charge in [-0.15, -0.1) is 0 Å². The van der Waals surface area contributed by atoms with Crippen molar-refractivity contribution in [2.75, 3.05) is 19.7 Å². The molecule has 1 aliphatic rings. The molecule has 23 heavy (non-hydrogen) atoms. The van der Waals surface area contributed by atoms with E-state index in [4.69, 9.17) is 16.3 Å². The van der Waals surface area contributed by atoms with Crippen molar-refractivity contribution >= 4 is 17.5 Å². The Labute approximate surface area is 140 Å². The Balaban J connectivity index is 1.71. The van der Waals surface area contributed by atoms with Crippen LogP contribution in [0.5, 0.6) is 0 Å². The summed E-state index contributed by atoms with van der Waals surface area (Å²) in [5.74, 6) is 0.0953. The van der Waals surface area contributed by atoms with Crippen molar-refractivity contribution < 1.29 is 9.53 Å². The molecule has 0 aliphatic carbocycles. The van der Waals surface area contributed by atoms with E-state index in [2.05, 4.69) is 10.2 Å². The molecule has 1 N–H and O–H groups in total.